The number of benzene rings is 1. The van der Waals surface area contributed by atoms with Crippen LogP contribution in [0.5, 0.6) is 0 Å². The molecule has 1 aromatic carbocycles. The van der Waals surface area contributed by atoms with Crippen molar-refractivity contribution in [2.45, 2.75) is 45.4 Å². The summed E-state index contributed by atoms with van der Waals surface area (Å²) in [5.41, 5.74) is 1.01. The highest BCUT2D eigenvalue weighted by Gasteiger charge is 2.54. The minimum Gasteiger partial charge on any atom is -0.329 e. The Morgan fingerprint density at radius 1 is 1.24 bits per heavy atom. The molecule has 0 aliphatic carbocycles. The van der Waals surface area contributed by atoms with Crippen molar-refractivity contribution >= 4 is 16.0 Å². The molecule has 1 aliphatic heterocycles. The van der Waals surface area contributed by atoms with Crippen molar-refractivity contribution in [2.24, 2.45) is 11.8 Å². The van der Waals surface area contributed by atoms with Gasteiger partial charge in [0.2, 0.25) is 5.91 Å². The maximum absolute atomic E-state index is 12.8. The van der Waals surface area contributed by atoms with Crippen molar-refractivity contribution in [1.29, 1.82) is 0 Å². The van der Waals surface area contributed by atoms with Crippen molar-refractivity contribution in [3.63, 3.8) is 0 Å². The fraction of sp³-hybridized carbons (Fsp3) is 0.526. The maximum Gasteiger partial charge on any atom is 0.264 e. The Bertz CT molecular complexity index is 714. The number of nitrogens with zero attached hydrogens (tertiary/aromatic N) is 1. The summed E-state index contributed by atoms with van der Waals surface area (Å²) in [6, 6.07) is 9.28. The quantitative estimate of drug-likeness (QED) is 0.403. The average molecular weight is 365 g/mol. The van der Waals surface area contributed by atoms with Gasteiger partial charge in [0.05, 0.1) is 24.3 Å². The van der Waals surface area contributed by atoms with E-state index < -0.39 is 16.2 Å². The lowest BCUT2D eigenvalue weighted by atomic mass is 9.74. The molecule has 25 heavy (non-hydrogen) atoms. The summed E-state index contributed by atoms with van der Waals surface area (Å²) in [5.74, 6) is -0.104. The van der Waals surface area contributed by atoms with E-state index in [4.69, 9.17) is 4.18 Å². The monoisotopic (exact) mass is 365 g/mol. The van der Waals surface area contributed by atoms with E-state index in [1.165, 1.54) is 0 Å². The number of hydrogen-bond donors (Lipinski definition) is 0. The first-order valence-corrected chi connectivity index (χ1v) is 10.3. The summed E-state index contributed by atoms with van der Waals surface area (Å²) in [5, 5.41) is 0. The van der Waals surface area contributed by atoms with Crippen molar-refractivity contribution in [1.82, 2.24) is 4.90 Å². The van der Waals surface area contributed by atoms with Crippen LogP contribution in [0.2, 0.25) is 0 Å². The van der Waals surface area contributed by atoms with Gasteiger partial charge in [0.25, 0.3) is 10.1 Å². The number of β-lactam (4-membered cyclic amide) rings is 1. The van der Waals surface area contributed by atoms with Gasteiger partial charge in [-0.2, -0.15) is 8.42 Å². The van der Waals surface area contributed by atoms with Crippen molar-refractivity contribution < 1.29 is 17.4 Å². The molecule has 0 radical (unpaired) electrons. The van der Waals surface area contributed by atoms with E-state index in [0.717, 1.165) is 11.8 Å². The van der Waals surface area contributed by atoms with E-state index in [9.17, 15) is 13.2 Å². The van der Waals surface area contributed by atoms with Crippen LogP contribution in [-0.2, 0) is 19.1 Å². The number of amides is 1. The van der Waals surface area contributed by atoms with Gasteiger partial charge in [-0.05, 0) is 24.8 Å². The van der Waals surface area contributed by atoms with Crippen molar-refractivity contribution in [3.05, 3.63) is 48.6 Å². The molecule has 1 fully saturated rings. The molecule has 1 heterocycles. The van der Waals surface area contributed by atoms with Gasteiger partial charge in [-0.3, -0.25) is 8.98 Å². The Morgan fingerprint density at radius 3 is 2.32 bits per heavy atom. The fourth-order valence-corrected chi connectivity index (χ4v) is 4.25. The molecule has 2 rings (SSSR count). The molecule has 0 aromatic heterocycles. The third kappa shape index (κ3) is 4.30. The minimum atomic E-state index is -3.63. The Labute approximate surface area is 150 Å². The highest BCUT2D eigenvalue weighted by atomic mass is 32.2. The van der Waals surface area contributed by atoms with Gasteiger partial charge in [0, 0.05) is 0 Å². The van der Waals surface area contributed by atoms with E-state index in [0.29, 0.717) is 6.42 Å². The predicted octanol–water partition coefficient (Wildman–Crippen LogP) is 3.15. The lowest BCUT2D eigenvalue weighted by molar-refractivity contribution is -0.172. The highest BCUT2D eigenvalue weighted by Crippen LogP contribution is 2.42. The lowest BCUT2D eigenvalue weighted by Gasteiger charge is -2.54. The Morgan fingerprint density at radius 2 is 1.84 bits per heavy atom. The third-order valence-electron chi connectivity index (χ3n) is 4.72. The van der Waals surface area contributed by atoms with E-state index in [1.54, 1.807) is 11.0 Å². The van der Waals surface area contributed by atoms with Gasteiger partial charge in [-0.1, -0.05) is 50.3 Å². The van der Waals surface area contributed by atoms with Gasteiger partial charge < -0.3 is 4.90 Å². The summed E-state index contributed by atoms with van der Waals surface area (Å²) in [4.78, 5) is 14.6. The third-order valence-corrected chi connectivity index (χ3v) is 5.32. The molecule has 6 heteroatoms. The molecule has 0 spiro atoms. The van der Waals surface area contributed by atoms with Gasteiger partial charge in [-0.15, -0.1) is 6.58 Å². The first-order chi connectivity index (χ1) is 11.7. The molecule has 1 aromatic rings. The number of hydrogen-bond acceptors (Lipinski definition) is 4. The van der Waals surface area contributed by atoms with Crippen LogP contribution < -0.4 is 0 Å². The first kappa shape index (κ1) is 19.7. The summed E-state index contributed by atoms with van der Waals surface area (Å²) < 4.78 is 28.7. The topological polar surface area (TPSA) is 63.7 Å². The zero-order valence-corrected chi connectivity index (χ0v) is 16.1. The average Bonchev–Trinajstić information content (AvgIpc) is 2.51. The molecule has 1 saturated heterocycles. The van der Waals surface area contributed by atoms with Crippen LogP contribution in [0.25, 0.3) is 0 Å². The summed E-state index contributed by atoms with van der Waals surface area (Å²) in [6.45, 7) is 9.63. The van der Waals surface area contributed by atoms with Crippen molar-refractivity contribution in [3.8, 4) is 0 Å². The minimum absolute atomic E-state index is 0.0440. The molecule has 1 amide bonds. The van der Waals surface area contributed by atoms with Gasteiger partial charge >= 0.3 is 0 Å². The Balaban J connectivity index is 2.36. The standard InChI is InChI=1S/C19H27NO4S/c1-6-10-16(24-25(5,22)23)18-17(13(2)3)19(21)20(18)14(4)15-11-8-7-9-12-15/h6-9,11-14,16-18H,1,10H2,2-5H3/t14-,16?,17-,18+/m0/s1. The largest absolute Gasteiger partial charge is 0.329 e. The van der Waals surface area contributed by atoms with Gasteiger partial charge in [0.1, 0.15) is 6.10 Å². The second kappa shape index (κ2) is 7.70. The molecule has 138 valence electrons. The van der Waals surface area contributed by atoms with Crippen LogP contribution in [0.4, 0.5) is 0 Å². The van der Waals surface area contributed by atoms with Crippen LogP contribution in [0.1, 0.15) is 38.8 Å². The predicted molar refractivity (Wildman–Crippen MR) is 98.3 cm³/mol. The molecule has 1 aliphatic rings. The zero-order valence-electron chi connectivity index (χ0n) is 15.3. The SMILES string of the molecule is C=CCC(OS(C)(=O)=O)[C@@H]1[C@H](C(C)C)C(=O)N1[C@@H](C)c1ccccc1. The molecule has 4 atom stereocenters. The second-order valence-corrected chi connectivity index (χ2v) is 8.56. The van der Waals surface area contributed by atoms with Crippen LogP contribution in [0.15, 0.2) is 43.0 Å². The molecule has 0 bridgehead atoms. The highest BCUT2D eigenvalue weighted by molar-refractivity contribution is 7.86. The maximum atomic E-state index is 12.8. The number of likely N-dealkylation sites (tertiary alicyclic amines) is 1. The Hall–Kier alpha value is -1.66. The van der Waals surface area contributed by atoms with Crippen LogP contribution >= 0.6 is 0 Å². The van der Waals surface area contributed by atoms with Crippen LogP contribution in [0.3, 0.4) is 0 Å². The summed E-state index contributed by atoms with van der Waals surface area (Å²) in [6.07, 6.45) is 2.43. The number of carbonyl (C=O) groups is 1. The summed E-state index contributed by atoms with van der Waals surface area (Å²) in [7, 11) is -3.63. The molecule has 1 unspecified atom stereocenters. The van der Waals surface area contributed by atoms with E-state index in [-0.39, 0.29) is 29.8 Å². The van der Waals surface area contributed by atoms with Crippen LogP contribution in [0, 0.1) is 11.8 Å². The van der Waals surface area contributed by atoms with Gasteiger partial charge in [0.15, 0.2) is 0 Å². The molecular weight excluding hydrogens is 338 g/mol. The van der Waals surface area contributed by atoms with Crippen LogP contribution in [-0.4, -0.2) is 37.6 Å². The fourth-order valence-electron chi connectivity index (χ4n) is 3.61. The molecular formula is C19H27NO4S. The first-order valence-electron chi connectivity index (χ1n) is 8.53. The van der Waals surface area contributed by atoms with E-state index >= 15 is 0 Å². The smallest absolute Gasteiger partial charge is 0.264 e. The van der Waals surface area contributed by atoms with E-state index in [1.807, 2.05) is 51.1 Å². The molecule has 5 nitrogen and oxygen atoms in total. The molecule has 0 N–H and O–H groups in total. The van der Waals surface area contributed by atoms with E-state index in [2.05, 4.69) is 6.58 Å². The molecule has 0 saturated carbocycles. The normalized spacial score (nSPS) is 23.2. The number of rotatable bonds is 8. The zero-order chi connectivity index (χ0) is 18.8. The summed E-state index contributed by atoms with van der Waals surface area (Å²) >= 11 is 0. The lowest BCUT2D eigenvalue weighted by Crippen LogP contribution is -2.67. The second-order valence-electron chi connectivity index (χ2n) is 6.96. The Kier molecular flexibility index (Phi) is 6.06. The van der Waals surface area contributed by atoms with Gasteiger partial charge in [-0.25, -0.2) is 0 Å². The number of carbonyl (C=O) groups excluding carboxylic acids is 1. The van der Waals surface area contributed by atoms with Crippen molar-refractivity contribution in [2.75, 3.05) is 6.26 Å².